The summed E-state index contributed by atoms with van der Waals surface area (Å²) in [5.41, 5.74) is 4.00. The molecule has 3 heterocycles. The number of nitrogens with zero attached hydrogens (tertiary/aromatic N) is 3. The molecule has 2 aliphatic heterocycles. The van der Waals surface area contributed by atoms with E-state index >= 15 is 0 Å². The molecule has 0 saturated carbocycles. The van der Waals surface area contributed by atoms with E-state index in [2.05, 4.69) is 30.9 Å². The van der Waals surface area contributed by atoms with Gasteiger partial charge in [-0.2, -0.15) is 15.4 Å². The van der Waals surface area contributed by atoms with E-state index in [1.165, 1.54) is 0 Å². The van der Waals surface area contributed by atoms with Crippen LogP contribution in [-0.2, 0) is 4.74 Å². The summed E-state index contributed by atoms with van der Waals surface area (Å²) in [4.78, 5) is 2.27. The zero-order valence-corrected chi connectivity index (χ0v) is 18.6. The molecule has 2 aromatic carbocycles. The van der Waals surface area contributed by atoms with Gasteiger partial charge < -0.3 is 35.2 Å². The van der Waals surface area contributed by atoms with Crippen molar-refractivity contribution >= 4 is 22.4 Å². The number of rotatable bonds is 8. The molecule has 1 saturated heterocycles. The smallest absolute Gasteiger partial charge is 0.205 e. The van der Waals surface area contributed by atoms with Crippen molar-refractivity contribution in [2.24, 2.45) is 5.92 Å². The highest BCUT2D eigenvalue weighted by Gasteiger charge is 2.26. The SMILES string of the molecule is Cc1cc(OCC(O)CN2CCC(COC3Nc4cccc(O)c4N3)CC2)c2n[nH]nc2c1. The number of phenolic OH excluding ortho intramolecular Hbond substituents is 1. The highest BCUT2D eigenvalue weighted by Crippen LogP contribution is 2.37. The van der Waals surface area contributed by atoms with Gasteiger partial charge in [-0.3, -0.25) is 0 Å². The second kappa shape index (κ2) is 9.42. The van der Waals surface area contributed by atoms with Gasteiger partial charge in [-0.15, -0.1) is 0 Å². The van der Waals surface area contributed by atoms with Crippen LogP contribution >= 0.6 is 0 Å². The zero-order chi connectivity index (χ0) is 22.8. The van der Waals surface area contributed by atoms with Crippen LogP contribution in [0.1, 0.15) is 18.4 Å². The molecule has 1 fully saturated rings. The van der Waals surface area contributed by atoms with Crippen LogP contribution in [0.15, 0.2) is 30.3 Å². The van der Waals surface area contributed by atoms with Gasteiger partial charge in [0.15, 0.2) is 5.52 Å². The van der Waals surface area contributed by atoms with Crippen LogP contribution in [0.25, 0.3) is 11.0 Å². The van der Waals surface area contributed by atoms with Gasteiger partial charge in [-0.1, -0.05) is 6.07 Å². The summed E-state index contributed by atoms with van der Waals surface area (Å²) in [6, 6.07) is 9.22. The lowest BCUT2D eigenvalue weighted by Crippen LogP contribution is -2.42. The van der Waals surface area contributed by atoms with E-state index in [0.29, 0.717) is 36.0 Å². The fraction of sp³-hybridized carbons (Fsp3) is 0.478. The number of H-pyrrole nitrogens is 1. The molecular formula is C23H30N6O4. The number of aromatic amines is 1. The number of benzene rings is 2. The average Bonchev–Trinajstić information content (AvgIpc) is 3.44. The molecule has 33 heavy (non-hydrogen) atoms. The number of ether oxygens (including phenoxy) is 2. The van der Waals surface area contributed by atoms with E-state index in [1.54, 1.807) is 12.1 Å². The molecule has 0 bridgehead atoms. The minimum absolute atomic E-state index is 0.209. The van der Waals surface area contributed by atoms with Gasteiger partial charge in [-0.05, 0) is 68.6 Å². The highest BCUT2D eigenvalue weighted by atomic mass is 16.5. The maximum Gasteiger partial charge on any atom is 0.205 e. The Morgan fingerprint density at radius 2 is 2.03 bits per heavy atom. The molecule has 3 aromatic rings. The number of aryl methyl sites for hydroxylation is 1. The Morgan fingerprint density at radius 3 is 2.85 bits per heavy atom. The molecular weight excluding hydrogens is 424 g/mol. The van der Waals surface area contributed by atoms with Crippen molar-refractivity contribution in [2.45, 2.75) is 32.2 Å². The number of hydrogen-bond donors (Lipinski definition) is 5. The lowest BCUT2D eigenvalue weighted by Gasteiger charge is -2.33. The highest BCUT2D eigenvalue weighted by molar-refractivity contribution is 5.81. The van der Waals surface area contributed by atoms with Gasteiger partial charge in [0.1, 0.15) is 35.4 Å². The first-order valence-electron chi connectivity index (χ1n) is 11.4. The molecule has 1 aromatic heterocycles. The third kappa shape index (κ3) is 4.97. The van der Waals surface area contributed by atoms with Crippen molar-refractivity contribution in [3.8, 4) is 11.5 Å². The van der Waals surface area contributed by atoms with E-state index in [0.717, 1.165) is 42.7 Å². The number of aliphatic hydroxyl groups is 1. The van der Waals surface area contributed by atoms with E-state index < -0.39 is 6.10 Å². The number of anilines is 2. The summed E-state index contributed by atoms with van der Waals surface area (Å²) < 4.78 is 11.8. The number of para-hydroxylation sites is 1. The molecule has 2 aliphatic rings. The first-order valence-corrected chi connectivity index (χ1v) is 11.4. The normalized spacial score (nSPS) is 19.8. The Labute approximate surface area is 191 Å². The molecule has 10 nitrogen and oxygen atoms in total. The Balaban J connectivity index is 1.03. The van der Waals surface area contributed by atoms with E-state index in [-0.39, 0.29) is 18.7 Å². The molecule has 0 spiro atoms. The zero-order valence-electron chi connectivity index (χ0n) is 18.6. The fourth-order valence-corrected chi connectivity index (χ4v) is 4.47. The second-order valence-electron chi connectivity index (χ2n) is 8.86. The number of aromatic hydroxyl groups is 1. The van der Waals surface area contributed by atoms with Crippen molar-refractivity contribution in [3.63, 3.8) is 0 Å². The Kier molecular flexibility index (Phi) is 6.21. The summed E-state index contributed by atoms with van der Waals surface area (Å²) in [7, 11) is 0. The van der Waals surface area contributed by atoms with Crippen LogP contribution in [0, 0.1) is 12.8 Å². The molecule has 2 unspecified atom stereocenters. The van der Waals surface area contributed by atoms with Gasteiger partial charge in [0, 0.05) is 6.54 Å². The molecule has 176 valence electrons. The third-order valence-corrected chi connectivity index (χ3v) is 6.24. The molecule has 10 heteroatoms. The van der Waals surface area contributed by atoms with Crippen molar-refractivity contribution in [3.05, 3.63) is 35.9 Å². The summed E-state index contributed by atoms with van der Waals surface area (Å²) >= 11 is 0. The predicted molar refractivity (Wildman–Crippen MR) is 124 cm³/mol. The van der Waals surface area contributed by atoms with Crippen LogP contribution in [0.2, 0.25) is 0 Å². The van der Waals surface area contributed by atoms with Crippen molar-refractivity contribution in [1.82, 2.24) is 20.3 Å². The Bertz CT molecular complexity index is 1100. The standard InChI is InChI=1S/C23H30N6O4/c1-14-9-18-22(27-28-26-18)20(10-14)32-13-16(30)11-29-7-5-15(6-8-29)12-33-23-24-17-3-2-4-19(31)21(17)25-23/h2-4,9-10,15-16,23-25,30-31H,5-8,11-13H2,1H3,(H,26,27,28). The molecule has 0 radical (unpaired) electrons. The number of nitrogens with one attached hydrogen (secondary N) is 3. The first-order chi connectivity index (χ1) is 16.0. The van der Waals surface area contributed by atoms with Crippen LogP contribution < -0.4 is 15.4 Å². The summed E-state index contributed by atoms with van der Waals surface area (Å²) in [6.45, 7) is 5.22. The minimum atomic E-state index is -0.585. The van der Waals surface area contributed by atoms with Crippen molar-refractivity contribution < 1.29 is 19.7 Å². The monoisotopic (exact) mass is 454 g/mol. The van der Waals surface area contributed by atoms with Crippen LogP contribution in [0.5, 0.6) is 11.5 Å². The molecule has 5 rings (SSSR count). The van der Waals surface area contributed by atoms with Gasteiger partial charge >= 0.3 is 0 Å². The topological polar surface area (TPSA) is 128 Å². The van der Waals surface area contributed by atoms with Crippen molar-refractivity contribution in [1.29, 1.82) is 0 Å². The van der Waals surface area contributed by atoms with E-state index in [4.69, 9.17) is 9.47 Å². The minimum Gasteiger partial charge on any atom is -0.506 e. The average molecular weight is 455 g/mol. The Morgan fingerprint density at radius 1 is 1.18 bits per heavy atom. The maximum absolute atomic E-state index is 10.5. The summed E-state index contributed by atoms with van der Waals surface area (Å²) in [6.07, 6.45) is 1.10. The first kappa shape index (κ1) is 21.7. The molecule has 5 N–H and O–H groups in total. The van der Waals surface area contributed by atoms with E-state index in [9.17, 15) is 10.2 Å². The maximum atomic E-state index is 10.5. The summed E-state index contributed by atoms with van der Waals surface area (Å²) in [5.74, 6) is 1.32. The number of hydrogen-bond acceptors (Lipinski definition) is 9. The largest absolute Gasteiger partial charge is 0.506 e. The number of phenols is 1. The Hall–Kier alpha value is -3.08. The van der Waals surface area contributed by atoms with Crippen LogP contribution in [0.3, 0.4) is 0 Å². The van der Waals surface area contributed by atoms with Crippen LogP contribution in [-0.4, -0.2) is 75.8 Å². The van der Waals surface area contributed by atoms with E-state index in [1.807, 2.05) is 25.1 Å². The number of aliphatic hydroxyl groups excluding tert-OH is 1. The number of likely N-dealkylation sites (tertiary alicyclic amines) is 1. The van der Waals surface area contributed by atoms with Gasteiger partial charge in [0.25, 0.3) is 0 Å². The number of aromatic nitrogens is 3. The lowest BCUT2D eigenvalue weighted by atomic mass is 9.97. The van der Waals surface area contributed by atoms with Crippen molar-refractivity contribution in [2.75, 3.05) is 43.5 Å². The molecule has 0 aliphatic carbocycles. The lowest BCUT2D eigenvalue weighted by molar-refractivity contribution is 0.0236. The fourth-order valence-electron chi connectivity index (χ4n) is 4.47. The third-order valence-electron chi connectivity index (χ3n) is 6.24. The number of β-amino-alcohol motifs (C(OH)–C–C–N with tert-alkyl or cyclic N) is 1. The summed E-state index contributed by atoms with van der Waals surface area (Å²) in [5, 5.41) is 37.7. The second-order valence-corrected chi connectivity index (χ2v) is 8.86. The quantitative estimate of drug-likeness (QED) is 0.326. The van der Waals surface area contributed by atoms with Gasteiger partial charge in [0.2, 0.25) is 6.35 Å². The van der Waals surface area contributed by atoms with Crippen LogP contribution in [0.4, 0.5) is 11.4 Å². The predicted octanol–water partition coefficient (Wildman–Crippen LogP) is 2.26. The van der Waals surface area contributed by atoms with Gasteiger partial charge in [0.05, 0.1) is 12.3 Å². The molecule has 2 atom stereocenters. The number of fused-ring (bicyclic) bond motifs is 2. The number of piperidine rings is 1. The van der Waals surface area contributed by atoms with Gasteiger partial charge in [-0.25, -0.2) is 0 Å². The molecule has 0 amide bonds.